The molecule has 0 fully saturated rings. The predicted molar refractivity (Wildman–Crippen MR) is 120 cm³/mol. The molecule has 0 unspecified atom stereocenters. The van der Waals surface area contributed by atoms with Crippen LogP contribution in [0.2, 0.25) is 5.02 Å². The van der Waals surface area contributed by atoms with E-state index in [1.165, 1.54) is 7.11 Å². The summed E-state index contributed by atoms with van der Waals surface area (Å²) >= 11 is 6.15. The molecule has 3 aromatic carbocycles. The molecule has 0 bridgehead atoms. The van der Waals surface area contributed by atoms with Gasteiger partial charge in [-0.3, -0.25) is 9.59 Å². The van der Waals surface area contributed by atoms with E-state index in [0.717, 1.165) is 4.90 Å². The third-order valence-electron chi connectivity index (χ3n) is 4.90. The molecule has 31 heavy (non-hydrogen) atoms. The highest BCUT2D eigenvalue weighted by Gasteiger charge is 2.40. The smallest absolute Gasteiger partial charge is 0.282 e. The van der Waals surface area contributed by atoms with Crippen molar-refractivity contribution >= 4 is 40.4 Å². The van der Waals surface area contributed by atoms with Crippen LogP contribution in [-0.2, 0) is 9.59 Å². The summed E-state index contributed by atoms with van der Waals surface area (Å²) in [5, 5.41) is 3.55. The topological polar surface area (TPSA) is 67.9 Å². The number of para-hydroxylation sites is 1. The van der Waals surface area contributed by atoms with E-state index >= 15 is 0 Å². The van der Waals surface area contributed by atoms with E-state index < -0.39 is 11.8 Å². The number of carbonyl (C=O) groups is 2. The van der Waals surface area contributed by atoms with E-state index in [2.05, 4.69) is 5.32 Å². The number of imide groups is 1. The monoisotopic (exact) mass is 434 g/mol. The molecule has 4 rings (SSSR count). The highest BCUT2D eigenvalue weighted by Crippen LogP contribution is 2.36. The van der Waals surface area contributed by atoms with Crippen molar-refractivity contribution in [2.45, 2.75) is 0 Å². The second kappa shape index (κ2) is 8.53. The minimum absolute atomic E-state index is 0.139. The van der Waals surface area contributed by atoms with Crippen molar-refractivity contribution in [3.8, 4) is 11.5 Å². The Morgan fingerprint density at radius 2 is 1.55 bits per heavy atom. The highest BCUT2D eigenvalue weighted by atomic mass is 35.5. The first-order valence-electron chi connectivity index (χ1n) is 9.46. The molecular weight excluding hydrogens is 416 g/mol. The van der Waals surface area contributed by atoms with Gasteiger partial charge in [-0.05, 0) is 48.0 Å². The van der Waals surface area contributed by atoms with Crippen molar-refractivity contribution in [1.82, 2.24) is 0 Å². The molecule has 6 nitrogen and oxygen atoms in total. The van der Waals surface area contributed by atoms with Gasteiger partial charge in [0.25, 0.3) is 11.8 Å². The van der Waals surface area contributed by atoms with Gasteiger partial charge in [0, 0.05) is 5.02 Å². The van der Waals surface area contributed by atoms with Gasteiger partial charge in [0.1, 0.15) is 17.2 Å². The van der Waals surface area contributed by atoms with Crippen LogP contribution in [0.3, 0.4) is 0 Å². The Bertz CT molecular complexity index is 1170. The summed E-state index contributed by atoms with van der Waals surface area (Å²) < 4.78 is 10.6. The summed E-state index contributed by atoms with van der Waals surface area (Å²) in [7, 11) is 3.08. The molecule has 156 valence electrons. The summed E-state index contributed by atoms with van der Waals surface area (Å²) in [6.45, 7) is 0. The quantitative estimate of drug-likeness (QED) is 0.567. The van der Waals surface area contributed by atoms with Crippen molar-refractivity contribution in [2.75, 3.05) is 24.4 Å². The maximum Gasteiger partial charge on any atom is 0.282 e. The molecule has 0 atom stereocenters. The number of anilines is 2. The van der Waals surface area contributed by atoms with E-state index in [0.29, 0.717) is 33.5 Å². The minimum Gasteiger partial charge on any atom is -0.497 e. The van der Waals surface area contributed by atoms with Gasteiger partial charge in [0.15, 0.2) is 0 Å². The summed E-state index contributed by atoms with van der Waals surface area (Å²) in [6, 6.07) is 20.8. The maximum absolute atomic E-state index is 13.4. The van der Waals surface area contributed by atoms with Crippen LogP contribution in [-0.4, -0.2) is 26.0 Å². The standard InChI is InChI=1S/C24H19ClN2O4/c1-30-18-11-8-15(9-12-18)21-22(26-19-14-16(25)10-13-20(19)31-2)24(29)27(23(21)28)17-6-4-3-5-7-17/h3-14,26H,1-2H3. The number of nitrogens with zero attached hydrogens (tertiary/aromatic N) is 1. The van der Waals surface area contributed by atoms with Gasteiger partial charge >= 0.3 is 0 Å². The summed E-state index contributed by atoms with van der Waals surface area (Å²) in [5.41, 5.74) is 1.93. The first kappa shape index (κ1) is 20.5. The number of rotatable bonds is 6. The molecule has 1 aliphatic heterocycles. The Morgan fingerprint density at radius 3 is 2.19 bits per heavy atom. The number of hydrogen-bond donors (Lipinski definition) is 1. The second-order valence-corrected chi connectivity index (χ2v) is 7.17. The van der Waals surface area contributed by atoms with Gasteiger partial charge < -0.3 is 14.8 Å². The van der Waals surface area contributed by atoms with Crippen molar-refractivity contribution in [3.05, 3.63) is 89.1 Å². The molecule has 0 spiro atoms. The van der Waals surface area contributed by atoms with Crippen LogP contribution in [0.1, 0.15) is 5.56 Å². The van der Waals surface area contributed by atoms with Gasteiger partial charge in [-0.25, -0.2) is 4.90 Å². The van der Waals surface area contributed by atoms with Crippen molar-refractivity contribution < 1.29 is 19.1 Å². The van der Waals surface area contributed by atoms with Crippen molar-refractivity contribution in [2.24, 2.45) is 0 Å². The van der Waals surface area contributed by atoms with E-state index in [9.17, 15) is 9.59 Å². The lowest BCUT2D eigenvalue weighted by Gasteiger charge is -2.16. The molecule has 1 aliphatic rings. The molecule has 1 heterocycles. The Morgan fingerprint density at radius 1 is 0.839 bits per heavy atom. The third kappa shape index (κ3) is 3.85. The van der Waals surface area contributed by atoms with Crippen LogP contribution < -0.4 is 19.7 Å². The number of amides is 2. The van der Waals surface area contributed by atoms with E-state index in [-0.39, 0.29) is 11.3 Å². The summed E-state index contributed by atoms with van der Waals surface area (Å²) in [5.74, 6) is 0.241. The van der Waals surface area contributed by atoms with E-state index in [1.54, 1.807) is 73.8 Å². The number of nitrogens with one attached hydrogen (secondary N) is 1. The van der Waals surface area contributed by atoms with E-state index in [4.69, 9.17) is 21.1 Å². The normalized spacial score (nSPS) is 13.6. The molecule has 0 saturated heterocycles. The average molecular weight is 435 g/mol. The zero-order valence-corrected chi connectivity index (χ0v) is 17.6. The highest BCUT2D eigenvalue weighted by molar-refractivity contribution is 6.46. The predicted octanol–water partition coefficient (Wildman–Crippen LogP) is 4.75. The lowest BCUT2D eigenvalue weighted by atomic mass is 10.0. The number of methoxy groups -OCH3 is 2. The zero-order chi connectivity index (χ0) is 22.0. The number of hydrogen-bond acceptors (Lipinski definition) is 5. The largest absolute Gasteiger partial charge is 0.497 e. The Hall–Kier alpha value is -3.77. The minimum atomic E-state index is -0.468. The van der Waals surface area contributed by atoms with Crippen LogP contribution in [0, 0.1) is 0 Å². The molecule has 7 heteroatoms. The average Bonchev–Trinajstić information content (AvgIpc) is 3.04. The SMILES string of the molecule is COc1ccc(C2=C(Nc3cc(Cl)ccc3OC)C(=O)N(c3ccccc3)C2=O)cc1. The number of ether oxygens (including phenoxy) is 2. The van der Waals surface area contributed by atoms with Crippen molar-refractivity contribution in [3.63, 3.8) is 0 Å². The Kier molecular flexibility index (Phi) is 5.64. The third-order valence-corrected chi connectivity index (χ3v) is 5.13. The van der Waals surface area contributed by atoms with Crippen LogP contribution in [0.15, 0.2) is 78.5 Å². The number of halogens is 1. The summed E-state index contributed by atoms with van der Waals surface area (Å²) in [6.07, 6.45) is 0. The van der Waals surface area contributed by atoms with Gasteiger partial charge in [-0.15, -0.1) is 0 Å². The van der Waals surface area contributed by atoms with Crippen LogP contribution in [0.25, 0.3) is 5.57 Å². The van der Waals surface area contributed by atoms with Crippen LogP contribution in [0.5, 0.6) is 11.5 Å². The van der Waals surface area contributed by atoms with Gasteiger partial charge in [-0.2, -0.15) is 0 Å². The number of carbonyl (C=O) groups excluding carboxylic acids is 2. The van der Waals surface area contributed by atoms with E-state index in [1.807, 2.05) is 6.07 Å². The molecule has 0 saturated carbocycles. The fraction of sp³-hybridized carbons (Fsp3) is 0.0833. The molecule has 3 aromatic rings. The van der Waals surface area contributed by atoms with Crippen molar-refractivity contribution in [1.29, 1.82) is 0 Å². The fourth-order valence-electron chi connectivity index (χ4n) is 3.40. The second-order valence-electron chi connectivity index (χ2n) is 6.73. The lowest BCUT2D eigenvalue weighted by molar-refractivity contribution is -0.120. The van der Waals surface area contributed by atoms with Gasteiger partial charge in [-0.1, -0.05) is 41.9 Å². The molecule has 0 radical (unpaired) electrons. The molecule has 0 aromatic heterocycles. The summed E-state index contributed by atoms with van der Waals surface area (Å²) in [4.78, 5) is 28.0. The first-order valence-corrected chi connectivity index (χ1v) is 9.84. The van der Waals surface area contributed by atoms with Crippen LogP contribution in [0.4, 0.5) is 11.4 Å². The molecule has 1 N–H and O–H groups in total. The Labute approximate surface area is 184 Å². The van der Waals surface area contributed by atoms with Gasteiger partial charge in [0.05, 0.1) is 31.2 Å². The molecular formula is C24H19ClN2O4. The molecule has 0 aliphatic carbocycles. The Balaban J connectivity index is 1.84. The molecule has 2 amide bonds. The first-order chi connectivity index (χ1) is 15.0. The number of benzene rings is 3. The maximum atomic E-state index is 13.4. The fourth-order valence-corrected chi connectivity index (χ4v) is 3.57. The zero-order valence-electron chi connectivity index (χ0n) is 16.9. The van der Waals surface area contributed by atoms with Gasteiger partial charge in [0.2, 0.25) is 0 Å². The lowest BCUT2D eigenvalue weighted by Crippen LogP contribution is -2.32. The van der Waals surface area contributed by atoms with Crippen LogP contribution >= 0.6 is 11.6 Å².